The van der Waals surface area contributed by atoms with Gasteiger partial charge in [-0.05, 0) is 0 Å². The first-order valence-electron chi connectivity index (χ1n) is 3.74. The third-order valence-corrected chi connectivity index (χ3v) is 1.96. The first-order chi connectivity index (χ1) is 6.11. The van der Waals surface area contributed by atoms with E-state index >= 15 is 0 Å². The Kier molecular flexibility index (Phi) is 6.43. The van der Waals surface area contributed by atoms with Gasteiger partial charge in [-0.2, -0.15) is 0 Å². The third kappa shape index (κ3) is 2.77. The van der Waals surface area contributed by atoms with Crippen molar-refractivity contribution in [3.05, 3.63) is 5.90 Å². The molecule has 1 aliphatic heterocycles. The predicted octanol–water partition coefficient (Wildman–Crippen LogP) is -2.39. The minimum atomic E-state index is -1.49. The molecule has 8 heteroatoms. The molecule has 1 unspecified atom stereocenters. The molecule has 0 spiro atoms. The Morgan fingerprint density at radius 1 is 1.21 bits per heavy atom. The quantitative estimate of drug-likeness (QED) is 0.333. The zero-order chi connectivity index (χ0) is 10.0. The Morgan fingerprint density at radius 3 is 2.21 bits per heavy atom. The first-order valence-corrected chi connectivity index (χ1v) is 3.74. The van der Waals surface area contributed by atoms with Crippen molar-refractivity contribution in [2.24, 2.45) is 0 Å². The van der Waals surface area contributed by atoms with Gasteiger partial charge in [0, 0.05) is 0 Å². The first kappa shape index (κ1) is 14.5. The van der Waals surface area contributed by atoms with Gasteiger partial charge in [0.15, 0.2) is 6.29 Å². The fourth-order valence-corrected chi connectivity index (χ4v) is 1.16. The van der Waals surface area contributed by atoms with Crippen LogP contribution >= 0.6 is 0 Å². The molecule has 0 bridgehead atoms. The van der Waals surface area contributed by atoms with Crippen molar-refractivity contribution >= 4 is 24.4 Å². The maximum atomic E-state index is 9.21. The molecule has 5 N–H and O–H groups in total. The number of nitrogens with one attached hydrogen (secondary N) is 1. The summed E-state index contributed by atoms with van der Waals surface area (Å²) in [6.07, 6.45) is -6.76. The van der Waals surface area contributed by atoms with E-state index in [9.17, 15) is 10.2 Å². The van der Waals surface area contributed by atoms with Gasteiger partial charge in [0.1, 0.15) is 24.4 Å². The largest absolute Gasteiger partial charge is 3.00 e. The second kappa shape index (κ2) is 6.19. The van der Waals surface area contributed by atoms with Gasteiger partial charge in [-0.25, -0.2) is 0 Å². The molecule has 84 valence electrons. The van der Waals surface area contributed by atoms with Crippen LogP contribution in [0.3, 0.4) is 0 Å². The number of ether oxygens (including phenoxy) is 1. The predicted molar refractivity (Wildman–Crippen MR) is 47.2 cm³/mol. The van der Waals surface area contributed by atoms with Crippen LogP contribution in [-0.4, -0.2) is 82.2 Å². The van der Waals surface area contributed by atoms with Gasteiger partial charge in [-0.3, -0.25) is 0 Å². The SMILES string of the molecule is [H-].[H-].[NH-]OC1O[C@H](CO)[C@@H](O)[C@H](O)[C@H]1O.[Sb+3]. The topological polar surface area (TPSA) is 123 Å². The Morgan fingerprint density at radius 2 is 1.79 bits per heavy atom. The maximum absolute atomic E-state index is 9.21. The molecule has 0 aromatic heterocycles. The number of rotatable bonds is 2. The van der Waals surface area contributed by atoms with Crippen LogP contribution in [0.15, 0.2) is 0 Å². The van der Waals surface area contributed by atoms with E-state index in [0.29, 0.717) is 0 Å². The van der Waals surface area contributed by atoms with Crippen LogP contribution in [0.25, 0.3) is 5.90 Å². The molecule has 0 aliphatic carbocycles. The van der Waals surface area contributed by atoms with Gasteiger partial charge in [-0.1, -0.05) is 0 Å². The summed E-state index contributed by atoms with van der Waals surface area (Å²) in [6.45, 7) is -0.523. The Labute approximate surface area is 101 Å². The van der Waals surface area contributed by atoms with Crippen LogP contribution in [0, 0.1) is 0 Å². The van der Waals surface area contributed by atoms with Gasteiger partial charge in [0.25, 0.3) is 0 Å². The molecule has 0 aromatic carbocycles. The fraction of sp³-hybridized carbons (Fsp3) is 1.00. The molecule has 0 aromatic rings. The molecular formula is C6H14NO6Sb. The minimum Gasteiger partial charge on any atom is -1.00 e. The summed E-state index contributed by atoms with van der Waals surface area (Å²) in [4.78, 5) is 3.95. The molecule has 7 nitrogen and oxygen atoms in total. The summed E-state index contributed by atoms with van der Waals surface area (Å²) >= 11 is 0. The summed E-state index contributed by atoms with van der Waals surface area (Å²) in [5, 5.41) is 36.2. The van der Waals surface area contributed by atoms with Crippen LogP contribution in [0.1, 0.15) is 2.85 Å². The average Bonchev–Trinajstić information content (AvgIpc) is 2.15. The van der Waals surface area contributed by atoms with Crippen LogP contribution in [0.2, 0.25) is 0 Å². The summed E-state index contributed by atoms with van der Waals surface area (Å²) in [7, 11) is 0. The zero-order valence-corrected chi connectivity index (χ0v) is 9.70. The van der Waals surface area contributed by atoms with E-state index in [2.05, 4.69) is 4.84 Å². The minimum absolute atomic E-state index is 0. The standard InChI is InChI=1S/C6H12NO6.Sb.2H/c7-13-6-5(11)4(10)3(9)2(1-8)12-6;;;/h2-11H,1H2;;;/q-1;+3;2*-1/t2-,3-,4+,5-,6?;;;/m1.../s1. The van der Waals surface area contributed by atoms with E-state index in [-0.39, 0.29) is 27.3 Å². The van der Waals surface area contributed by atoms with Crippen LogP contribution in [0.5, 0.6) is 0 Å². The van der Waals surface area contributed by atoms with Crippen molar-refractivity contribution in [3.8, 4) is 0 Å². The fourth-order valence-electron chi connectivity index (χ4n) is 1.16. The molecule has 1 saturated heterocycles. The van der Waals surface area contributed by atoms with Crippen molar-refractivity contribution in [1.82, 2.24) is 0 Å². The van der Waals surface area contributed by atoms with E-state index < -0.39 is 37.3 Å². The smallest absolute Gasteiger partial charge is 1.00 e. The van der Waals surface area contributed by atoms with Crippen molar-refractivity contribution < 1.29 is 32.9 Å². The molecule has 14 heavy (non-hydrogen) atoms. The maximum Gasteiger partial charge on any atom is 3.00 e. The van der Waals surface area contributed by atoms with Crippen molar-refractivity contribution in [2.45, 2.75) is 30.7 Å². The molecular weight excluding hydrogens is 304 g/mol. The van der Waals surface area contributed by atoms with Crippen LogP contribution < -0.4 is 0 Å². The molecule has 0 amide bonds. The van der Waals surface area contributed by atoms with Crippen LogP contribution in [0.4, 0.5) is 0 Å². The van der Waals surface area contributed by atoms with E-state index in [1.807, 2.05) is 0 Å². The Balaban J connectivity index is -0.000000563. The molecule has 1 fully saturated rings. The molecule has 5 atom stereocenters. The van der Waals surface area contributed by atoms with Crippen molar-refractivity contribution in [3.63, 3.8) is 0 Å². The Hall–Kier alpha value is 0.538. The van der Waals surface area contributed by atoms with Gasteiger partial charge >= 0.3 is 24.4 Å². The molecule has 1 rings (SSSR count). The summed E-state index contributed by atoms with van der Waals surface area (Å²) in [5.41, 5.74) is 0. The number of aliphatic hydroxyl groups excluding tert-OH is 4. The number of hydrogen-bond donors (Lipinski definition) is 4. The Bertz CT molecular complexity index is 161. The van der Waals surface area contributed by atoms with Crippen molar-refractivity contribution in [1.29, 1.82) is 0 Å². The average molecular weight is 318 g/mol. The van der Waals surface area contributed by atoms with E-state index in [1.54, 1.807) is 0 Å². The monoisotopic (exact) mass is 317 g/mol. The van der Waals surface area contributed by atoms with E-state index in [1.165, 1.54) is 0 Å². The molecule has 1 heterocycles. The number of aliphatic hydroxyl groups is 4. The number of hydrogen-bond acceptors (Lipinski definition) is 6. The molecule has 1 aliphatic rings. The van der Waals surface area contributed by atoms with Gasteiger partial charge in [-0.15, -0.1) is 0 Å². The van der Waals surface area contributed by atoms with Gasteiger partial charge in [0.2, 0.25) is 0 Å². The van der Waals surface area contributed by atoms with Gasteiger partial charge < -0.3 is 38.8 Å². The molecule has 0 saturated carbocycles. The van der Waals surface area contributed by atoms with E-state index in [0.717, 1.165) is 0 Å². The third-order valence-electron chi connectivity index (χ3n) is 1.96. The summed E-state index contributed by atoms with van der Waals surface area (Å²) in [5.74, 6) is 6.49. The van der Waals surface area contributed by atoms with Crippen LogP contribution in [-0.2, 0) is 9.57 Å². The summed E-state index contributed by atoms with van der Waals surface area (Å²) in [6, 6.07) is 0. The second-order valence-corrected chi connectivity index (χ2v) is 2.82. The normalized spacial score (nSPS) is 43.1. The molecule has 2 radical (unpaired) electrons. The second-order valence-electron chi connectivity index (χ2n) is 2.82. The van der Waals surface area contributed by atoms with Crippen molar-refractivity contribution in [2.75, 3.05) is 6.61 Å². The van der Waals surface area contributed by atoms with E-state index in [4.69, 9.17) is 20.8 Å². The zero-order valence-electron chi connectivity index (χ0n) is 9.15. The summed E-state index contributed by atoms with van der Waals surface area (Å²) < 4.78 is 4.76. The van der Waals surface area contributed by atoms with Gasteiger partial charge in [0.05, 0.1) is 6.61 Å².